The van der Waals surface area contributed by atoms with Gasteiger partial charge >= 0.3 is 0 Å². The molecule has 5 nitrogen and oxygen atoms in total. The predicted octanol–water partition coefficient (Wildman–Crippen LogP) is 1.05. The van der Waals surface area contributed by atoms with E-state index in [1.807, 2.05) is 6.07 Å². The Hall–Kier alpha value is -0.950. The molecule has 0 bridgehead atoms. The molecule has 1 saturated heterocycles. The van der Waals surface area contributed by atoms with Crippen LogP contribution in [0.5, 0.6) is 0 Å². The number of nitrogens with zero attached hydrogens (tertiary/aromatic N) is 1. The Morgan fingerprint density at radius 2 is 2.10 bits per heavy atom. The molecule has 0 spiro atoms. The molecule has 2 aliphatic heterocycles. The van der Waals surface area contributed by atoms with E-state index in [0.29, 0.717) is 17.5 Å². The van der Waals surface area contributed by atoms with Crippen LogP contribution in [0.2, 0.25) is 0 Å². The SMILES string of the molecule is CN1CCCCC1CNS(=O)(=O)c1ccc2c(c1)CNC2. The molecule has 2 heterocycles. The first-order valence-corrected chi connectivity index (χ1v) is 9.07. The van der Waals surface area contributed by atoms with Crippen molar-refractivity contribution < 1.29 is 8.42 Å². The Kier molecular flexibility index (Phi) is 4.31. The van der Waals surface area contributed by atoms with Crippen LogP contribution in [0.4, 0.5) is 0 Å². The molecular formula is C15H23N3O2S. The van der Waals surface area contributed by atoms with Crippen LogP contribution >= 0.6 is 0 Å². The Morgan fingerprint density at radius 1 is 1.29 bits per heavy atom. The molecule has 21 heavy (non-hydrogen) atoms. The summed E-state index contributed by atoms with van der Waals surface area (Å²) in [5.74, 6) is 0. The van der Waals surface area contributed by atoms with Crippen molar-refractivity contribution in [1.82, 2.24) is 14.9 Å². The molecule has 1 fully saturated rings. The van der Waals surface area contributed by atoms with Gasteiger partial charge in [0.1, 0.15) is 0 Å². The standard InChI is InChI=1S/C15H23N3O2S/c1-18-7-3-2-4-14(18)11-17-21(19,20)15-6-5-12-9-16-10-13(12)8-15/h5-6,8,14,16-17H,2-4,7,9-11H2,1H3. The van der Waals surface area contributed by atoms with E-state index in [1.165, 1.54) is 18.4 Å². The molecule has 0 saturated carbocycles. The molecule has 1 atom stereocenters. The van der Waals surface area contributed by atoms with Crippen molar-refractivity contribution in [3.05, 3.63) is 29.3 Å². The zero-order valence-electron chi connectivity index (χ0n) is 12.4. The molecule has 1 aromatic carbocycles. The van der Waals surface area contributed by atoms with Crippen LogP contribution in [-0.2, 0) is 23.1 Å². The predicted molar refractivity (Wildman–Crippen MR) is 82.4 cm³/mol. The summed E-state index contributed by atoms with van der Waals surface area (Å²) in [7, 11) is -1.34. The first-order valence-electron chi connectivity index (χ1n) is 7.59. The molecule has 0 amide bonds. The number of hydrogen-bond donors (Lipinski definition) is 2. The van der Waals surface area contributed by atoms with Crippen LogP contribution in [0.25, 0.3) is 0 Å². The van der Waals surface area contributed by atoms with Gasteiger partial charge in [0.25, 0.3) is 0 Å². The Bertz CT molecular complexity index is 615. The van der Waals surface area contributed by atoms with Gasteiger partial charge in [0.2, 0.25) is 10.0 Å². The van der Waals surface area contributed by atoms with Gasteiger partial charge in [0.15, 0.2) is 0 Å². The molecule has 1 aromatic rings. The molecule has 6 heteroatoms. The zero-order chi connectivity index (χ0) is 14.9. The highest BCUT2D eigenvalue weighted by atomic mass is 32.2. The lowest BCUT2D eigenvalue weighted by Gasteiger charge is -2.32. The van der Waals surface area contributed by atoms with Crippen molar-refractivity contribution in [3.8, 4) is 0 Å². The van der Waals surface area contributed by atoms with E-state index in [1.54, 1.807) is 12.1 Å². The van der Waals surface area contributed by atoms with E-state index in [0.717, 1.165) is 31.6 Å². The molecule has 116 valence electrons. The fraction of sp³-hybridized carbons (Fsp3) is 0.600. The smallest absolute Gasteiger partial charge is 0.240 e. The van der Waals surface area contributed by atoms with E-state index in [2.05, 4.69) is 22.0 Å². The van der Waals surface area contributed by atoms with Gasteiger partial charge in [-0.2, -0.15) is 0 Å². The maximum absolute atomic E-state index is 12.4. The topological polar surface area (TPSA) is 61.4 Å². The minimum Gasteiger partial charge on any atom is -0.309 e. The third kappa shape index (κ3) is 3.29. The number of fused-ring (bicyclic) bond motifs is 1. The highest BCUT2D eigenvalue weighted by molar-refractivity contribution is 7.89. The van der Waals surface area contributed by atoms with Crippen LogP contribution < -0.4 is 10.0 Å². The van der Waals surface area contributed by atoms with Crippen LogP contribution in [0.3, 0.4) is 0 Å². The first kappa shape index (κ1) is 15.0. The van der Waals surface area contributed by atoms with Crippen molar-refractivity contribution in [1.29, 1.82) is 0 Å². The maximum Gasteiger partial charge on any atom is 0.240 e. The quantitative estimate of drug-likeness (QED) is 0.873. The zero-order valence-corrected chi connectivity index (χ0v) is 13.2. The summed E-state index contributed by atoms with van der Waals surface area (Å²) in [6, 6.07) is 5.72. The summed E-state index contributed by atoms with van der Waals surface area (Å²) in [6.07, 6.45) is 3.45. The van der Waals surface area contributed by atoms with Gasteiger partial charge < -0.3 is 10.2 Å². The molecule has 1 unspecified atom stereocenters. The average molecular weight is 309 g/mol. The van der Waals surface area contributed by atoms with Crippen LogP contribution in [0, 0.1) is 0 Å². The summed E-state index contributed by atoms with van der Waals surface area (Å²) >= 11 is 0. The molecule has 0 aliphatic carbocycles. The van der Waals surface area contributed by atoms with Gasteiger partial charge in [-0.15, -0.1) is 0 Å². The number of likely N-dealkylation sites (tertiary alicyclic amines) is 1. The van der Waals surface area contributed by atoms with Crippen LogP contribution in [0.1, 0.15) is 30.4 Å². The van der Waals surface area contributed by atoms with Gasteiger partial charge in [-0.25, -0.2) is 13.1 Å². The lowest BCUT2D eigenvalue weighted by molar-refractivity contribution is 0.187. The van der Waals surface area contributed by atoms with E-state index in [-0.39, 0.29) is 0 Å². The Morgan fingerprint density at radius 3 is 2.90 bits per heavy atom. The lowest BCUT2D eigenvalue weighted by atomic mass is 10.0. The molecular weight excluding hydrogens is 286 g/mol. The van der Waals surface area contributed by atoms with E-state index >= 15 is 0 Å². The van der Waals surface area contributed by atoms with Crippen LogP contribution in [0.15, 0.2) is 23.1 Å². The van der Waals surface area contributed by atoms with E-state index in [4.69, 9.17) is 0 Å². The average Bonchev–Trinajstić information content (AvgIpc) is 2.94. The molecule has 2 aliphatic rings. The Balaban J connectivity index is 1.69. The van der Waals surface area contributed by atoms with E-state index in [9.17, 15) is 8.42 Å². The minimum absolute atomic E-state index is 0.310. The second-order valence-corrected chi connectivity index (χ2v) is 7.78. The summed E-state index contributed by atoms with van der Waals surface area (Å²) in [5, 5.41) is 3.23. The highest BCUT2D eigenvalue weighted by Crippen LogP contribution is 2.20. The fourth-order valence-electron chi connectivity index (χ4n) is 3.13. The van der Waals surface area contributed by atoms with Crippen molar-refractivity contribution in [3.63, 3.8) is 0 Å². The van der Waals surface area contributed by atoms with Gasteiger partial charge in [0.05, 0.1) is 4.90 Å². The van der Waals surface area contributed by atoms with Gasteiger partial charge in [-0.1, -0.05) is 12.5 Å². The van der Waals surface area contributed by atoms with Gasteiger partial charge in [-0.05, 0) is 49.7 Å². The normalized spacial score (nSPS) is 23.2. The summed E-state index contributed by atoms with van der Waals surface area (Å²) < 4.78 is 27.6. The molecule has 3 rings (SSSR count). The summed E-state index contributed by atoms with van der Waals surface area (Å²) in [6.45, 7) is 3.13. The van der Waals surface area contributed by atoms with E-state index < -0.39 is 10.0 Å². The second kappa shape index (κ2) is 6.04. The third-order valence-electron chi connectivity index (χ3n) is 4.55. The Labute approximate surface area is 126 Å². The number of rotatable bonds is 4. The summed E-state index contributed by atoms with van der Waals surface area (Å²) in [4.78, 5) is 2.63. The van der Waals surface area contributed by atoms with Gasteiger partial charge in [0, 0.05) is 25.7 Å². The van der Waals surface area contributed by atoms with Crippen molar-refractivity contribution in [2.75, 3.05) is 20.1 Å². The number of hydrogen-bond acceptors (Lipinski definition) is 4. The first-order chi connectivity index (χ1) is 10.1. The maximum atomic E-state index is 12.4. The molecule has 0 aromatic heterocycles. The van der Waals surface area contributed by atoms with Gasteiger partial charge in [-0.3, -0.25) is 0 Å². The van der Waals surface area contributed by atoms with Crippen molar-refractivity contribution >= 4 is 10.0 Å². The molecule has 0 radical (unpaired) electrons. The third-order valence-corrected chi connectivity index (χ3v) is 5.97. The number of benzene rings is 1. The number of sulfonamides is 1. The van der Waals surface area contributed by atoms with Crippen molar-refractivity contribution in [2.24, 2.45) is 0 Å². The second-order valence-electron chi connectivity index (χ2n) is 6.02. The number of nitrogens with one attached hydrogen (secondary N) is 2. The molecule has 2 N–H and O–H groups in total. The summed E-state index contributed by atoms with van der Waals surface area (Å²) in [5.41, 5.74) is 2.29. The fourth-order valence-corrected chi connectivity index (χ4v) is 4.25. The van der Waals surface area contributed by atoms with Crippen LogP contribution in [-0.4, -0.2) is 39.5 Å². The highest BCUT2D eigenvalue weighted by Gasteiger charge is 2.23. The van der Waals surface area contributed by atoms with Crippen molar-refractivity contribution in [2.45, 2.75) is 43.3 Å². The monoisotopic (exact) mass is 309 g/mol. The number of piperidine rings is 1. The largest absolute Gasteiger partial charge is 0.309 e. The minimum atomic E-state index is -3.41. The number of likely N-dealkylation sites (N-methyl/N-ethyl adjacent to an activating group) is 1. The lowest BCUT2D eigenvalue weighted by Crippen LogP contribution is -2.44.